The van der Waals surface area contributed by atoms with Crippen LogP contribution in [0, 0.1) is 18.8 Å². The highest BCUT2D eigenvalue weighted by Crippen LogP contribution is 2.24. The number of methoxy groups -OCH3 is 1. The number of nitrogens with zero attached hydrogens (tertiary/aromatic N) is 1. The molecule has 0 radical (unpaired) electrons. The highest BCUT2D eigenvalue weighted by atomic mass is 32.2. The Morgan fingerprint density at radius 3 is 2.32 bits per heavy atom. The van der Waals surface area contributed by atoms with Gasteiger partial charge in [0, 0.05) is 39.3 Å². The summed E-state index contributed by atoms with van der Waals surface area (Å²) in [6.45, 7) is 7.29. The number of amides is 2. The van der Waals surface area contributed by atoms with Gasteiger partial charge in [-0.15, -0.1) is 0 Å². The number of carbonyl (C=O) groups excluding carboxylic acids is 2. The van der Waals surface area contributed by atoms with Gasteiger partial charge in [-0.1, -0.05) is 31.5 Å². The van der Waals surface area contributed by atoms with Crippen LogP contribution in [0.3, 0.4) is 0 Å². The third kappa shape index (κ3) is 7.02. The molecule has 0 aromatic heterocycles. The number of sulfonamides is 1. The molecule has 1 aromatic carbocycles. The van der Waals surface area contributed by atoms with Gasteiger partial charge in [-0.3, -0.25) is 9.59 Å². The SMILES string of the molecule is COCCCNC(=O)C(NC(=O)C1CCN(S(=O)(=O)c2ccc(C)cc2)CC1)C(C)C. The van der Waals surface area contributed by atoms with Crippen molar-refractivity contribution in [3.8, 4) is 0 Å². The van der Waals surface area contributed by atoms with Gasteiger partial charge in [-0.25, -0.2) is 8.42 Å². The largest absolute Gasteiger partial charge is 0.385 e. The molecule has 9 heteroatoms. The molecule has 1 aliphatic rings. The van der Waals surface area contributed by atoms with Crippen LogP contribution in [-0.2, 0) is 24.3 Å². The van der Waals surface area contributed by atoms with Crippen molar-refractivity contribution in [1.82, 2.24) is 14.9 Å². The second-order valence-corrected chi connectivity index (χ2v) is 10.3. The maximum absolute atomic E-state index is 12.8. The van der Waals surface area contributed by atoms with E-state index in [4.69, 9.17) is 4.74 Å². The van der Waals surface area contributed by atoms with E-state index in [9.17, 15) is 18.0 Å². The summed E-state index contributed by atoms with van der Waals surface area (Å²) >= 11 is 0. The molecule has 31 heavy (non-hydrogen) atoms. The van der Waals surface area contributed by atoms with E-state index in [1.54, 1.807) is 31.4 Å². The number of rotatable bonds is 10. The van der Waals surface area contributed by atoms with E-state index in [0.29, 0.717) is 32.4 Å². The second-order valence-electron chi connectivity index (χ2n) is 8.36. The molecule has 1 aromatic rings. The fourth-order valence-electron chi connectivity index (χ4n) is 3.56. The lowest BCUT2D eigenvalue weighted by molar-refractivity contribution is -0.132. The minimum atomic E-state index is -3.57. The second kappa shape index (κ2) is 11.6. The first kappa shape index (κ1) is 25.3. The molecule has 2 amide bonds. The summed E-state index contributed by atoms with van der Waals surface area (Å²) in [5.74, 6) is -0.780. The van der Waals surface area contributed by atoms with Crippen molar-refractivity contribution in [3.05, 3.63) is 29.8 Å². The number of piperidine rings is 1. The first-order valence-electron chi connectivity index (χ1n) is 10.8. The smallest absolute Gasteiger partial charge is 0.243 e. The van der Waals surface area contributed by atoms with Crippen LogP contribution in [0.1, 0.15) is 38.7 Å². The van der Waals surface area contributed by atoms with Crippen molar-refractivity contribution in [2.75, 3.05) is 33.4 Å². The summed E-state index contributed by atoms with van der Waals surface area (Å²) in [6, 6.07) is 6.16. The Morgan fingerprint density at radius 2 is 1.77 bits per heavy atom. The Kier molecular flexibility index (Phi) is 9.46. The Hall–Kier alpha value is -1.97. The first-order chi connectivity index (χ1) is 14.7. The van der Waals surface area contributed by atoms with Gasteiger partial charge in [-0.05, 0) is 44.2 Å². The van der Waals surface area contributed by atoms with Crippen molar-refractivity contribution >= 4 is 21.8 Å². The van der Waals surface area contributed by atoms with Crippen LogP contribution in [-0.4, -0.2) is 63.9 Å². The molecule has 174 valence electrons. The molecule has 1 unspecified atom stereocenters. The number of ether oxygens (including phenoxy) is 1. The normalized spacial score (nSPS) is 16.8. The summed E-state index contributed by atoms with van der Waals surface area (Å²) in [4.78, 5) is 25.5. The van der Waals surface area contributed by atoms with E-state index >= 15 is 0 Å². The molecule has 1 fully saturated rings. The van der Waals surface area contributed by atoms with Gasteiger partial charge in [0.1, 0.15) is 6.04 Å². The molecule has 1 atom stereocenters. The van der Waals surface area contributed by atoms with Crippen molar-refractivity contribution in [2.24, 2.45) is 11.8 Å². The molecule has 1 aliphatic heterocycles. The van der Waals surface area contributed by atoms with Gasteiger partial charge in [0.25, 0.3) is 0 Å². The van der Waals surface area contributed by atoms with Gasteiger partial charge in [-0.2, -0.15) is 4.31 Å². The van der Waals surface area contributed by atoms with E-state index < -0.39 is 16.1 Å². The van der Waals surface area contributed by atoms with E-state index in [2.05, 4.69) is 10.6 Å². The lowest BCUT2D eigenvalue weighted by atomic mass is 9.95. The lowest BCUT2D eigenvalue weighted by Gasteiger charge is -2.32. The molecule has 1 heterocycles. The molecular weight excluding hydrogens is 418 g/mol. The van der Waals surface area contributed by atoms with E-state index in [1.165, 1.54) is 4.31 Å². The zero-order chi connectivity index (χ0) is 23.0. The number of aryl methyl sites for hydroxylation is 1. The molecule has 2 rings (SSSR count). The standard InChI is InChI=1S/C22H35N3O5S/c1-16(2)20(22(27)23-12-5-15-30-4)24-21(26)18-10-13-25(14-11-18)31(28,29)19-8-6-17(3)7-9-19/h6-9,16,18,20H,5,10-15H2,1-4H3,(H,23,27)(H,24,26). The summed E-state index contributed by atoms with van der Waals surface area (Å²) in [6.07, 6.45) is 1.56. The molecule has 8 nitrogen and oxygen atoms in total. The van der Waals surface area contributed by atoms with Gasteiger partial charge in [0.2, 0.25) is 21.8 Å². The van der Waals surface area contributed by atoms with Crippen LogP contribution in [0.2, 0.25) is 0 Å². The number of hydrogen-bond acceptors (Lipinski definition) is 5. The Labute approximate surface area is 185 Å². The predicted molar refractivity (Wildman–Crippen MR) is 119 cm³/mol. The Balaban J connectivity index is 1.91. The van der Waals surface area contributed by atoms with Gasteiger partial charge in [0.05, 0.1) is 4.90 Å². The number of nitrogens with one attached hydrogen (secondary N) is 2. The lowest BCUT2D eigenvalue weighted by Crippen LogP contribution is -2.52. The summed E-state index contributed by atoms with van der Waals surface area (Å²) in [5.41, 5.74) is 0.997. The van der Waals surface area contributed by atoms with Gasteiger partial charge < -0.3 is 15.4 Å². The van der Waals surface area contributed by atoms with Crippen molar-refractivity contribution in [3.63, 3.8) is 0 Å². The average molecular weight is 454 g/mol. The molecule has 0 spiro atoms. The van der Waals surface area contributed by atoms with Crippen LogP contribution < -0.4 is 10.6 Å². The van der Waals surface area contributed by atoms with Gasteiger partial charge >= 0.3 is 0 Å². The third-order valence-electron chi connectivity index (χ3n) is 5.55. The maximum atomic E-state index is 12.8. The highest BCUT2D eigenvalue weighted by molar-refractivity contribution is 7.89. The fourth-order valence-corrected chi connectivity index (χ4v) is 5.03. The zero-order valence-corrected chi connectivity index (χ0v) is 19.7. The maximum Gasteiger partial charge on any atom is 0.243 e. The van der Waals surface area contributed by atoms with Crippen LogP contribution in [0.15, 0.2) is 29.2 Å². The minimum Gasteiger partial charge on any atom is -0.385 e. The van der Waals surface area contributed by atoms with Crippen molar-refractivity contribution in [1.29, 1.82) is 0 Å². The average Bonchev–Trinajstić information content (AvgIpc) is 2.75. The molecular formula is C22H35N3O5S. The zero-order valence-electron chi connectivity index (χ0n) is 18.9. The van der Waals surface area contributed by atoms with Gasteiger partial charge in [0.15, 0.2) is 0 Å². The Bertz CT molecular complexity index is 831. The third-order valence-corrected chi connectivity index (χ3v) is 7.47. The van der Waals surface area contributed by atoms with Crippen LogP contribution in [0.25, 0.3) is 0 Å². The minimum absolute atomic E-state index is 0.0617. The molecule has 2 N–H and O–H groups in total. The van der Waals surface area contributed by atoms with E-state index in [0.717, 1.165) is 5.56 Å². The predicted octanol–water partition coefficient (Wildman–Crippen LogP) is 1.69. The number of benzene rings is 1. The monoisotopic (exact) mass is 453 g/mol. The summed E-state index contributed by atoms with van der Waals surface area (Å²) in [5, 5.41) is 5.70. The van der Waals surface area contributed by atoms with Crippen molar-refractivity contribution < 1.29 is 22.7 Å². The van der Waals surface area contributed by atoms with Crippen LogP contribution in [0.4, 0.5) is 0 Å². The fraction of sp³-hybridized carbons (Fsp3) is 0.636. The van der Waals surface area contributed by atoms with E-state index in [1.807, 2.05) is 20.8 Å². The quantitative estimate of drug-likeness (QED) is 0.525. The van der Waals surface area contributed by atoms with Crippen LogP contribution in [0.5, 0.6) is 0 Å². The van der Waals surface area contributed by atoms with Crippen LogP contribution >= 0.6 is 0 Å². The molecule has 0 aliphatic carbocycles. The molecule has 0 saturated carbocycles. The van der Waals surface area contributed by atoms with E-state index in [-0.39, 0.29) is 41.6 Å². The number of carbonyl (C=O) groups is 2. The number of hydrogen-bond donors (Lipinski definition) is 2. The molecule has 1 saturated heterocycles. The van der Waals surface area contributed by atoms with Crippen molar-refractivity contribution in [2.45, 2.75) is 51.0 Å². The Morgan fingerprint density at radius 1 is 1.16 bits per heavy atom. The summed E-state index contributed by atoms with van der Waals surface area (Å²) < 4.78 is 32.1. The molecule has 0 bridgehead atoms. The first-order valence-corrected chi connectivity index (χ1v) is 12.2. The topological polar surface area (TPSA) is 105 Å². The highest BCUT2D eigenvalue weighted by Gasteiger charge is 2.34. The summed E-state index contributed by atoms with van der Waals surface area (Å²) in [7, 11) is -1.96.